The van der Waals surface area contributed by atoms with Crippen LogP contribution in [-0.2, 0) is 0 Å². The van der Waals surface area contributed by atoms with Crippen molar-refractivity contribution in [1.82, 2.24) is 5.06 Å². The summed E-state index contributed by atoms with van der Waals surface area (Å²) >= 11 is 0. The third-order valence-electron chi connectivity index (χ3n) is 2.73. The van der Waals surface area contributed by atoms with E-state index in [0.29, 0.717) is 5.41 Å². The molecular weight excluding hydrogens is 126 g/mol. The van der Waals surface area contributed by atoms with E-state index in [2.05, 4.69) is 6.92 Å². The zero-order valence-electron chi connectivity index (χ0n) is 6.93. The monoisotopic (exact) mass is 143 g/mol. The number of hydrogen-bond acceptors (Lipinski definition) is 2. The summed E-state index contributed by atoms with van der Waals surface area (Å²) in [6.07, 6.45) is 5.16. The Bertz CT molecular complexity index is 102. The minimum atomic E-state index is 0.462. The number of rotatable bonds is 3. The average molecular weight is 143 g/mol. The number of hydroxylamine groups is 2. The molecule has 0 aliphatic heterocycles. The molecule has 2 nitrogen and oxygen atoms in total. The molecule has 0 unspecified atom stereocenters. The first-order chi connectivity index (χ1) is 4.68. The summed E-state index contributed by atoms with van der Waals surface area (Å²) in [5.41, 5.74) is 0.462. The van der Waals surface area contributed by atoms with Gasteiger partial charge in [-0.25, -0.2) is 0 Å². The molecule has 1 saturated carbocycles. The van der Waals surface area contributed by atoms with E-state index in [4.69, 9.17) is 5.21 Å². The van der Waals surface area contributed by atoms with Crippen LogP contribution >= 0.6 is 0 Å². The molecule has 1 aliphatic rings. The molecule has 0 saturated heterocycles. The van der Waals surface area contributed by atoms with E-state index in [1.54, 1.807) is 7.05 Å². The summed E-state index contributed by atoms with van der Waals surface area (Å²) in [5.74, 6) is 0. The van der Waals surface area contributed by atoms with Gasteiger partial charge in [0, 0.05) is 13.6 Å². The van der Waals surface area contributed by atoms with Gasteiger partial charge in [-0.3, -0.25) is 0 Å². The Morgan fingerprint density at radius 3 is 2.20 bits per heavy atom. The normalized spacial score (nSPS) is 22.8. The molecule has 60 valence electrons. The summed E-state index contributed by atoms with van der Waals surface area (Å²) < 4.78 is 0. The maximum absolute atomic E-state index is 9.02. The van der Waals surface area contributed by atoms with Crippen molar-refractivity contribution in [3.8, 4) is 0 Å². The molecule has 1 N–H and O–H groups in total. The van der Waals surface area contributed by atoms with Gasteiger partial charge in [-0.1, -0.05) is 13.3 Å². The lowest BCUT2D eigenvalue weighted by Gasteiger charge is -2.42. The van der Waals surface area contributed by atoms with Crippen molar-refractivity contribution in [3.63, 3.8) is 0 Å². The van der Waals surface area contributed by atoms with Gasteiger partial charge in [0.25, 0.3) is 0 Å². The van der Waals surface area contributed by atoms with Crippen LogP contribution in [0.4, 0.5) is 0 Å². The van der Waals surface area contributed by atoms with Gasteiger partial charge in [-0.2, -0.15) is 5.06 Å². The molecule has 0 heterocycles. The van der Waals surface area contributed by atoms with Gasteiger partial charge in [0.15, 0.2) is 0 Å². The largest absolute Gasteiger partial charge is 0.314 e. The maximum Gasteiger partial charge on any atom is 0.0291 e. The predicted molar refractivity (Wildman–Crippen MR) is 41.0 cm³/mol. The predicted octanol–water partition coefficient (Wildman–Crippen LogP) is 1.89. The molecule has 2 heteroatoms. The van der Waals surface area contributed by atoms with Gasteiger partial charge in [0.1, 0.15) is 0 Å². The second kappa shape index (κ2) is 2.89. The lowest BCUT2D eigenvalue weighted by atomic mass is 9.67. The Morgan fingerprint density at radius 1 is 1.50 bits per heavy atom. The maximum atomic E-state index is 9.02. The van der Waals surface area contributed by atoms with Crippen LogP contribution in [-0.4, -0.2) is 23.9 Å². The minimum absolute atomic E-state index is 0.462. The average Bonchev–Trinajstić information content (AvgIpc) is 1.78. The van der Waals surface area contributed by atoms with Crippen LogP contribution in [0.3, 0.4) is 0 Å². The Hall–Kier alpha value is -0.0800. The van der Waals surface area contributed by atoms with Crippen LogP contribution in [0.5, 0.6) is 0 Å². The Balaban J connectivity index is 2.33. The second-order valence-electron chi connectivity index (χ2n) is 3.52. The van der Waals surface area contributed by atoms with E-state index >= 15 is 0 Å². The van der Waals surface area contributed by atoms with Crippen molar-refractivity contribution < 1.29 is 5.21 Å². The second-order valence-corrected chi connectivity index (χ2v) is 3.52. The fraction of sp³-hybridized carbons (Fsp3) is 1.00. The quantitative estimate of drug-likeness (QED) is 0.610. The molecule has 0 amide bonds. The van der Waals surface area contributed by atoms with Gasteiger partial charge in [-0.15, -0.1) is 0 Å². The molecule has 1 fully saturated rings. The fourth-order valence-corrected chi connectivity index (χ4v) is 1.79. The smallest absolute Gasteiger partial charge is 0.0291 e. The highest BCUT2D eigenvalue weighted by Gasteiger charge is 2.35. The molecule has 0 aromatic rings. The third kappa shape index (κ3) is 1.50. The molecule has 0 atom stereocenters. The van der Waals surface area contributed by atoms with Crippen molar-refractivity contribution in [1.29, 1.82) is 0 Å². The molecule has 0 radical (unpaired) electrons. The molecule has 0 spiro atoms. The van der Waals surface area contributed by atoms with Crippen molar-refractivity contribution in [2.24, 2.45) is 5.41 Å². The van der Waals surface area contributed by atoms with Gasteiger partial charge in [-0.05, 0) is 24.7 Å². The topological polar surface area (TPSA) is 23.5 Å². The van der Waals surface area contributed by atoms with E-state index in [9.17, 15) is 0 Å². The Kier molecular flexibility index (Phi) is 2.32. The summed E-state index contributed by atoms with van der Waals surface area (Å²) in [7, 11) is 1.73. The highest BCUT2D eigenvalue weighted by Crippen LogP contribution is 2.43. The molecule has 1 aliphatic carbocycles. The molecule has 10 heavy (non-hydrogen) atoms. The van der Waals surface area contributed by atoms with Crippen LogP contribution in [0.2, 0.25) is 0 Å². The van der Waals surface area contributed by atoms with Crippen LogP contribution < -0.4 is 0 Å². The fourth-order valence-electron chi connectivity index (χ4n) is 1.79. The summed E-state index contributed by atoms with van der Waals surface area (Å²) in [4.78, 5) is 0. The van der Waals surface area contributed by atoms with Crippen LogP contribution in [0.15, 0.2) is 0 Å². The minimum Gasteiger partial charge on any atom is -0.314 e. The van der Waals surface area contributed by atoms with Gasteiger partial charge in [0.05, 0.1) is 0 Å². The summed E-state index contributed by atoms with van der Waals surface area (Å²) in [5, 5.41) is 10.3. The van der Waals surface area contributed by atoms with Crippen LogP contribution in [0.25, 0.3) is 0 Å². The van der Waals surface area contributed by atoms with E-state index in [1.807, 2.05) is 0 Å². The van der Waals surface area contributed by atoms with E-state index in [-0.39, 0.29) is 0 Å². The lowest BCUT2D eigenvalue weighted by Crippen LogP contribution is -2.39. The van der Waals surface area contributed by atoms with Crippen molar-refractivity contribution in [3.05, 3.63) is 0 Å². The van der Waals surface area contributed by atoms with E-state index in [0.717, 1.165) is 6.54 Å². The summed E-state index contributed by atoms with van der Waals surface area (Å²) in [6, 6.07) is 0. The standard InChI is InChI=1S/C8H17NO/c1-3-8(5-4-6-8)7-9(2)10/h10H,3-7H2,1-2H3. The van der Waals surface area contributed by atoms with Crippen LogP contribution in [0.1, 0.15) is 32.6 Å². The van der Waals surface area contributed by atoms with Gasteiger partial charge < -0.3 is 5.21 Å². The first kappa shape index (κ1) is 8.02. The zero-order chi connectivity index (χ0) is 7.61. The Labute approximate surface area is 62.8 Å². The summed E-state index contributed by atoms with van der Waals surface area (Å²) in [6.45, 7) is 3.06. The third-order valence-corrected chi connectivity index (χ3v) is 2.73. The van der Waals surface area contributed by atoms with Crippen molar-refractivity contribution in [2.75, 3.05) is 13.6 Å². The number of hydrogen-bond donors (Lipinski definition) is 1. The molecule has 0 aromatic heterocycles. The number of nitrogens with zero attached hydrogens (tertiary/aromatic N) is 1. The van der Waals surface area contributed by atoms with E-state index in [1.165, 1.54) is 30.7 Å². The van der Waals surface area contributed by atoms with Gasteiger partial charge >= 0.3 is 0 Å². The molecule has 1 rings (SSSR count). The van der Waals surface area contributed by atoms with Crippen molar-refractivity contribution in [2.45, 2.75) is 32.6 Å². The zero-order valence-corrected chi connectivity index (χ0v) is 6.93. The van der Waals surface area contributed by atoms with Crippen molar-refractivity contribution >= 4 is 0 Å². The SMILES string of the molecule is CCC1(CN(C)O)CCC1. The highest BCUT2D eigenvalue weighted by molar-refractivity contribution is 4.87. The highest BCUT2D eigenvalue weighted by atomic mass is 16.5. The van der Waals surface area contributed by atoms with E-state index < -0.39 is 0 Å². The van der Waals surface area contributed by atoms with Crippen LogP contribution in [0, 0.1) is 5.41 Å². The molecule has 0 bridgehead atoms. The Morgan fingerprint density at radius 2 is 2.10 bits per heavy atom. The molecule has 0 aromatic carbocycles. The lowest BCUT2D eigenvalue weighted by molar-refractivity contribution is -0.110. The van der Waals surface area contributed by atoms with Gasteiger partial charge in [0.2, 0.25) is 0 Å². The molecular formula is C8H17NO. The first-order valence-electron chi connectivity index (χ1n) is 4.08. The first-order valence-corrected chi connectivity index (χ1v) is 4.08.